The van der Waals surface area contributed by atoms with Crippen LogP contribution in [0.25, 0.3) is 0 Å². The molecule has 1 aliphatic carbocycles. The Bertz CT molecular complexity index is 610. The topological polar surface area (TPSA) is 59.9 Å². The van der Waals surface area contributed by atoms with Crippen LogP contribution in [0.1, 0.15) is 64.0 Å². The van der Waals surface area contributed by atoms with Crippen molar-refractivity contribution in [2.45, 2.75) is 64.0 Å². The van der Waals surface area contributed by atoms with Crippen molar-refractivity contribution in [3.05, 3.63) is 29.8 Å². The van der Waals surface area contributed by atoms with Crippen LogP contribution in [0.3, 0.4) is 0 Å². The SMILES string of the molecule is CCNC(=NCC1(O)CCCC1)NC(C)c1cccc(N2CCCC2)c1.I. The molecule has 0 aromatic heterocycles. The van der Waals surface area contributed by atoms with Gasteiger partial charge in [0.25, 0.3) is 0 Å². The highest BCUT2D eigenvalue weighted by atomic mass is 127. The first-order valence-corrected chi connectivity index (χ1v) is 10.2. The van der Waals surface area contributed by atoms with Gasteiger partial charge in [-0.1, -0.05) is 25.0 Å². The molecule has 2 aliphatic rings. The van der Waals surface area contributed by atoms with Crippen LogP contribution in [0.4, 0.5) is 5.69 Å². The molecule has 6 heteroatoms. The van der Waals surface area contributed by atoms with Crippen LogP contribution in [0, 0.1) is 0 Å². The second-order valence-corrected chi connectivity index (χ2v) is 7.78. The zero-order valence-electron chi connectivity index (χ0n) is 16.7. The minimum Gasteiger partial charge on any atom is -0.388 e. The Hall–Kier alpha value is -1.02. The van der Waals surface area contributed by atoms with E-state index in [1.165, 1.54) is 24.1 Å². The maximum Gasteiger partial charge on any atom is 0.191 e. The maximum atomic E-state index is 10.5. The molecule has 0 spiro atoms. The molecule has 2 fully saturated rings. The first kappa shape index (κ1) is 22.3. The minimum absolute atomic E-state index is 0. The molecule has 27 heavy (non-hydrogen) atoms. The Balaban J connectivity index is 0.00000261. The molecule has 3 N–H and O–H groups in total. The second kappa shape index (κ2) is 10.5. The van der Waals surface area contributed by atoms with E-state index in [2.05, 4.69) is 58.6 Å². The van der Waals surface area contributed by atoms with E-state index in [1.54, 1.807) is 0 Å². The summed E-state index contributed by atoms with van der Waals surface area (Å²) < 4.78 is 0. The number of nitrogens with one attached hydrogen (secondary N) is 2. The molecule has 3 rings (SSSR count). The molecule has 152 valence electrons. The fourth-order valence-electron chi connectivity index (χ4n) is 3.99. The van der Waals surface area contributed by atoms with E-state index in [0.717, 1.165) is 51.3 Å². The second-order valence-electron chi connectivity index (χ2n) is 7.78. The molecular formula is C21H35IN4O. The summed E-state index contributed by atoms with van der Waals surface area (Å²) in [5.74, 6) is 0.784. The van der Waals surface area contributed by atoms with Gasteiger partial charge in [0.15, 0.2) is 5.96 Å². The van der Waals surface area contributed by atoms with Crippen LogP contribution in [-0.2, 0) is 0 Å². The number of rotatable bonds is 6. The molecule has 1 unspecified atom stereocenters. The van der Waals surface area contributed by atoms with Crippen LogP contribution in [0.15, 0.2) is 29.3 Å². The van der Waals surface area contributed by atoms with Gasteiger partial charge in [-0.3, -0.25) is 4.99 Å². The summed E-state index contributed by atoms with van der Waals surface area (Å²) in [6.45, 7) is 7.84. The Morgan fingerprint density at radius 3 is 2.59 bits per heavy atom. The van der Waals surface area contributed by atoms with Gasteiger partial charge in [-0.2, -0.15) is 0 Å². The summed E-state index contributed by atoms with van der Waals surface area (Å²) >= 11 is 0. The molecule has 1 aromatic rings. The standard InChI is InChI=1S/C21H34N4O.HI/c1-3-22-20(23-16-21(26)11-4-5-12-21)24-17(2)18-9-8-10-19(15-18)25-13-6-7-14-25;/h8-10,15,17,26H,3-7,11-14,16H2,1-2H3,(H2,22,23,24);1H. The molecule has 1 aromatic carbocycles. The summed E-state index contributed by atoms with van der Waals surface area (Å²) in [6, 6.07) is 8.97. The van der Waals surface area contributed by atoms with Gasteiger partial charge in [-0.15, -0.1) is 24.0 Å². The Labute approximate surface area is 181 Å². The number of nitrogens with zero attached hydrogens (tertiary/aromatic N) is 2. The van der Waals surface area contributed by atoms with Crippen molar-refractivity contribution in [2.75, 3.05) is 31.1 Å². The van der Waals surface area contributed by atoms with Crippen molar-refractivity contribution in [2.24, 2.45) is 4.99 Å². The van der Waals surface area contributed by atoms with Crippen molar-refractivity contribution < 1.29 is 5.11 Å². The molecule has 0 amide bonds. The predicted molar refractivity (Wildman–Crippen MR) is 124 cm³/mol. The number of benzene rings is 1. The lowest BCUT2D eigenvalue weighted by molar-refractivity contribution is 0.0574. The summed E-state index contributed by atoms with van der Waals surface area (Å²) in [7, 11) is 0. The third kappa shape index (κ3) is 6.24. The third-order valence-electron chi connectivity index (χ3n) is 5.60. The number of guanidine groups is 1. The van der Waals surface area contributed by atoms with E-state index in [9.17, 15) is 5.11 Å². The van der Waals surface area contributed by atoms with Crippen molar-refractivity contribution in [3.63, 3.8) is 0 Å². The Morgan fingerprint density at radius 1 is 1.22 bits per heavy atom. The lowest BCUT2D eigenvalue weighted by Crippen LogP contribution is -2.40. The highest BCUT2D eigenvalue weighted by molar-refractivity contribution is 14.0. The first-order valence-electron chi connectivity index (χ1n) is 10.2. The van der Waals surface area contributed by atoms with Crippen LogP contribution in [-0.4, -0.2) is 42.8 Å². The number of aliphatic imine (C=N–C) groups is 1. The lowest BCUT2D eigenvalue weighted by Gasteiger charge is -2.23. The number of halogens is 1. The molecule has 1 aliphatic heterocycles. The average Bonchev–Trinajstić information content (AvgIpc) is 3.32. The Morgan fingerprint density at radius 2 is 1.93 bits per heavy atom. The van der Waals surface area contributed by atoms with Crippen molar-refractivity contribution in [3.8, 4) is 0 Å². The highest BCUT2D eigenvalue weighted by Crippen LogP contribution is 2.29. The van der Waals surface area contributed by atoms with E-state index < -0.39 is 5.60 Å². The normalized spacial score (nSPS) is 20.3. The van der Waals surface area contributed by atoms with E-state index in [1.807, 2.05) is 0 Å². The van der Waals surface area contributed by atoms with Crippen LogP contribution in [0.2, 0.25) is 0 Å². The van der Waals surface area contributed by atoms with E-state index >= 15 is 0 Å². The predicted octanol–water partition coefficient (Wildman–Crippen LogP) is 3.83. The smallest absolute Gasteiger partial charge is 0.191 e. The zero-order chi connectivity index (χ0) is 18.4. The molecule has 0 radical (unpaired) electrons. The minimum atomic E-state index is -0.610. The van der Waals surface area contributed by atoms with Gasteiger partial charge in [-0.05, 0) is 57.2 Å². The first-order chi connectivity index (χ1) is 12.6. The fourth-order valence-corrected chi connectivity index (χ4v) is 3.99. The Kier molecular flexibility index (Phi) is 8.66. The molecular weight excluding hydrogens is 451 g/mol. The van der Waals surface area contributed by atoms with E-state index in [4.69, 9.17) is 0 Å². The average molecular weight is 486 g/mol. The number of aliphatic hydroxyl groups is 1. The van der Waals surface area contributed by atoms with Crippen molar-refractivity contribution in [1.29, 1.82) is 0 Å². The highest BCUT2D eigenvalue weighted by Gasteiger charge is 2.30. The summed E-state index contributed by atoms with van der Waals surface area (Å²) in [5.41, 5.74) is 1.97. The number of anilines is 1. The van der Waals surface area contributed by atoms with Gasteiger partial charge in [0, 0.05) is 25.3 Å². The summed E-state index contributed by atoms with van der Waals surface area (Å²) in [6.07, 6.45) is 6.52. The molecule has 1 heterocycles. The largest absolute Gasteiger partial charge is 0.388 e. The third-order valence-corrected chi connectivity index (χ3v) is 5.60. The fraction of sp³-hybridized carbons (Fsp3) is 0.667. The number of hydrogen-bond acceptors (Lipinski definition) is 3. The summed E-state index contributed by atoms with van der Waals surface area (Å²) in [4.78, 5) is 7.13. The maximum absolute atomic E-state index is 10.5. The van der Waals surface area contributed by atoms with E-state index in [0.29, 0.717) is 6.54 Å². The van der Waals surface area contributed by atoms with Gasteiger partial charge in [-0.25, -0.2) is 0 Å². The van der Waals surface area contributed by atoms with Crippen LogP contribution < -0.4 is 15.5 Å². The molecule has 1 saturated heterocycles. The molecule has 1 atom stereocenters. The van der Waals surface area contributed by atoms with Crippen molar-refractivity contribution in [1.82, 2.24) is 10.6 Å². The van der Waals surface area contributed by atoms with Crippen LogP contribution >= 0.6 is 24.0 Å². The van der Waals surface area contributed by atoms with E-state index in [-0.39, 0.29) is 30.0 Å². The van der Waals surface area contributed by atoms with Gasteiger partial charge in [0.05, 0.1) is 18.2 Å². The lowest BCUT2D eigenvalue weighted by atomic mass is 10.0. The molecule has 5 nitrogen and oxygen atoms in total. The van der Waals surface area contributed by atoms with Gasteiger partial charge >= 0.3 is 0 Å². The van der Waals surface area contributed by atoms with Crippen LogP contribution in [0.5, 0.6) is 0 Å². The van der Waals surface area contributed by atoms with Gasteiger partial charge < -0.3 is 20.6 Å². The van der Waals surface area contributed by atoms with Gasteiger partial charge in [0.2, 0.25) is 0 Å². The quantitative estimate of drug-likeness (QED) is 0.325. The van der Waals surface area contributed by atoms with Gasteiger partial charge in [0.1, 0.15) is 0 Å². The van der Waals surface area contributed by atoms with Crippen molar-refractivity contribution >= 4 is 35.6 Å². The monoisotopic (exact) mass is 486 g/mol. The zero-order valence-corrected chi connectivity index (χ0v) is 19.0. The molecule has 1 saturated carbocycles. The molecule has 0 bridgehead atoms. The summed E-state index contributed by atoms with van der Waals surface area (Å²) in [5, 5.41) is 17.4. The number of hydrogen-bond donors (Lipinski definition) is 3.